The van der Waals surface area contributed by atoms with Crippen LogP contribution in [0.25, 0.3) is 0 Å². The highest BCUT2D eigenvalue weighted by molar-refractivity contribution is 5.95. The highest BCUT2D eigenvalue weighted by Crippen LogP contribution is 2.28. The van der Waals surface area contributed by atoms with Crippen LogP contribution >= 0.6 is 0 Å². The quantitative estimate of drug-likeness (QED) is 0.593. The summed E-state index contributed by atoms with van der Waals surface area (Å²) in [5, 5.41) is 1.68. The summed E-state index contributed by atoms with van der Waals surface area (Å²) in [6.07, 6.45) is 2.04. The molecule has 0 saturated heterocycles. The predicted molar refractivity (Wildman–Crippen MR) is 95.7 cm³/mol. The van der Waals surface area contributed by atoms with Gasteiger partial charge in [0.05, 0.1) is 19.4 Å². The Kier molecular flexibility index (Phi) is 6.49. The van der Waals surface area contributed by atoms with E-state index in [0.717, 1.165) is 18.5 Å². The zero-order valence-corrected chi connectivity index (χ0v) is 14.4. The molecule has 0 fully saturated rings. The first kappa shape index (κ1) is 17.7. The number of hydrazine groups is 1. The fourth-order valence-electron chi connectivity index (χ4n) is 2.19. The van der Waals surface area contributed by atoms with Crippen molar-refractivity contribution in [3.8, 4) is 11.5 Å². The van der Waals surface area contributed by atoms with Crippen LogP contribution in [0.4, 0.5) is 5.69 Å². The van der Waals surface area contributed by atoms with Crippen LogP contribution in [0.3, 0.4) is 0 Å². The van der Waals surface area contributed by atoms with Crippen LogP contribution in [0.1, 0.15) is 30.1 Å². The molecular formula is C19H24N2O3. The molecule has 24 heavy (non-hydrogen) atoms. The Morgan fingerprint density at radius 3 is 2.54 bits per heavy atom. The van der Waals surface area contributed by atoms with Crippen LogP contribution in [0, 0.1) is 0 Å². The van der Waals surface area contributed by atoms with Crippen LogP contribution in [0.5, 0.6) is 11.5 Å². The van der Waals surface area contributed by atoms with E-state index in [1.807, 2.05) is 30.3 Å². The molecule has 0 aliphatic heterocycles. The van der Waals surface area contributed by atoms with Crippen LogP contribution in [0.15, 0.2) is 48.5 Å². The van der Waals surface area contributed by atoms with E-state index in [1.165, 1.54) is 0 Å². The number of para-hydroxylation sites is 1. The number of methoxy groups -OCH3 is 1. The third-order valence-corrected chi connectivity index (χ3v) is 3.59. The summed E-state index contributed by atoms with van der Waals surface area (Å²) in [6, 6.07) is 14.8. The second-order valence-corrected chi connectivity index (χ2v) is 5.40. The monoisotopic (exact) mass is 328 g/mol. The van der Waals surface area contributed by atoms with Crippen LogP contribution < -0.4 is 19.9 Å². The van der Waals surface area contributed by atoms with Gasteiger partial charge in [-0.05, 0) is 36.8 Å². The molecule has 0 unspecified atom stereocenters. The molecule has 0 atom stereocenters. The number of anilines is 1. The Hall–Kier alpha value is -2.69. The van der Waals surface area contributed by atoms with Gasteiger partial charge in [0, 0.05) is 12.6 Å². The fourth-order valence-corrected chi connectivity index (χ4v) is 2.19. The number of hydrogen-bond acceptors (Lipinski definition) is 4. The lowest BCUT2D eigenvalue weighted by atomic mass is 10.2. The number of nitrogens with one attached hydrogen (secondary N) is 1. The van der Waals surface area contributed by atoms with Crippen molar-refractivity contribution in [3.05, 3.63) is 54.1 Å². The molecule has 0 spiro atoms. The summed E-state index contributed by atoms with van der Waals surface area (Å²) < 4.78 is 11.0. The summed E-state index contributed by atoms with van der Waals surface area (Å²) in [4.78, 5) is 12.4. The molecule has 2 aromatic carbocycles. The fraction of sp³-hybridized carbons (Fsp3) is 0.316. The minimum Gasteiger partial charge on any atom is -0.493 e. The number of hydrogen-bond donors (Lipinski definition) is 1. The standard InChI is InChI=1S/C19H24N2O3/c1-4-5-13-24-17-12-11-15(14-18(17)23-3)19(22)20-21(2)16-9-7-6-8-10-16/h6-12,14H,4-5,13H2,1-3H3,(H,20,22). The van der Waals surface area contributed by atoms with Gasteiger partial charge in [0.25, 0.3) is 5.91 Å². The molecule has 128 valence electrons. The molecule has 5 heteroatoms. The molecule has 0 aromatic heterocycles. The van der Waals surface area contributed by atoms with Crippen molar-refractivity contribution >= 4 is 11.6 Å². The van der Waals surface area contributed by atoms with E-state index in [4.69, 9.17) is 9.47 Å². The first-order valence-corrected chi connectivity index (χ1v) is 8.06. The zero-order valence-electron chi connectivity index (χ0n) is 14.4. The number of rotatable bonds is 8. The van der Waals surface area contributed by atoms with Gasteiger partial charge in [-0.25, -0.2) is 0 Å². The van der Waals surface area contributed by atoms with Crippen molar-refractivity contribution in [1.82, 2.24) is 5.43 Å². The molecule has 5 nitrogen and oxygen atoms in total. The first-order valence-electron chi connectivity index (χ1n) is 8.06. The summed E-state index contributed by atoms with van der Waals surface area (Å²) >= 11 is 0. The van der Waals surface area contributed by atoms with Crippen molar-refractivity contribution in [2.45, 2.75) is 19.8 Å². The highest BCUT2D eigenvalue weighted by atomic mass is 16.5. The second-order valence-electron chi connectivity index (χ2n) is 5.40. The van der Waals surface area contributed by atoms with Gasteiger partial charge in [-0.1, -0.05) is 31.5 Å². The Labute approximate surface area is 143 Å². The highest BCUT2D eigenvalue weighted by Gasteiger charge is 2.13. The Balaban J connectivity index is 2.06. The predicted octanol–water partition coefficient (Wildman–Crippen LogP) is 3.66. The normalized spacial score (nSPS) is 10.1. The van der Waals surface area contributed by atoms with Crippen LogP contribution in [-0.2, 0) is 0 Å². The van der Waals surface area contributed by atoms with Crippen molar-refractivity contribution < 1.29 is 14.3 Å². The SMILES string of the molecule is CCCCOc1ccc(C(=O)NN(C)c2ccccc2)cc1OC. The van der Waals surface area contributed by atoms with Crippen molar-refractivity contribution in [2.24, 2.45) is 0 Å². The van der Waals surface area contributed by atoms with E-state index in [9.17, 15) is 4.79 Å². The van der Waals surface area contributed by atoms with E-state index in [1.54, 1.807) is 37.4 Å². The molecule has 0 saturated carbocycles. The number of ether oxygens (including phenoxy) is 2. The van der Waals surface area contributed by atoms with Gasteiger partial charge in [-0.15, -0.1) is 0 Å². The number of amides is 1. The van der Waals surface area contributed by atoms with Crippen molar-refractivity contribution in [3.63, 3.8) is 0 Å². The summed E-state index contributed by atoms with van der Waals surface area (Å²) in [7, 11) is 3.37. The maximum Gasteiger partial charge on any atom is 0.269 e. The van der Waals surface area contributed by atoms with E-state index in [0.29, 0.717) is 23.7 Å². The van der Waals surface area contributed by atoms with E-state index in [-0.39, 0.29) is 5.91 Å². The third kappa shape index (κ3) is 4.65. The smallest absolute Gasteiger partial charge is 0.269 e. The maximum absolute atomic E-state index is 12.4. The molecule has 1 N–H and O–H groups in total. The average molecular weight is 328 g/mol. The first-order chi connectivity index (χ1) is 11.7. The van der Waals surface area contributed by atoms with Gasteiger partial charge < -0.3 is 9.47 Å². The van der Waals surface area contributed by atoms with Crippen LogP contribution in [0.2, 0.25) is 0 Å². The number of unbranched alkanes of at least 4 members (excludes halogenated alkanes) is 1. The van der Waals surface area contributed by atoms with Gasteiger partial charge in [-0.3, -0.25) is 15.2 Å². The molecular weight excluding hydrogens is 304 g/mol. The molecule has 0 heterocycles. The minimum absolute atomic E-state index is 0.209. The third-order valence-electron chi connectivity index (χ3n) is 3.59. The van der Waals surface area contributed by atoms with Crippen molar-refractivity contribution in [2.75, 3.05) is 25.8 Å². The number of nitrogens with zero attached hydrogens (tertiary/aromatic N) is 1. The van der Waals surface area contributed by atoms with Gasteiger partial charge in [-0.2, -0.15) is 0 Å². The molecule has 1 amide bonds. The molecule has 0 aliphatic carbocycles. The molecule has 0 radical (unpaired) electrons. The molecule has 0 aliphatic rings. The number of carbonyl (C=O) groups is 1. The maximum atomic E-state index is 12.4. The average Bonchev–Trinajstić information content (AvgIpc) is 2.62. The molecule has 0 bridgehead atoms. The lowest BCUT2D eigenvalue weighted by Crippen LogP contribution is -2.39. The Morgan fingerprint density at radius 2 is 1.88 bits per heavy atom. The van der Waals surface area contributed by atoms with Gasteiger partial charge in [0.2, 0.25) is 0 Å². The molecule has 2 aromatic rings. The topological polar surface area (TPSA) is 50.8 Å². The lowest BCUT2D eigenvalue weighted by Gasteiger charge is -2.20. The minimum atomic E-state index is -0.209. The Morgan fingerprint density at radius 1 is 1.12 bits per heavy atom. The summed E-state index contributed by atoms with van der Waals surface area (Å²) in [5.41, 5.74) is 4.25. The molecule has 2 rings (SSSR count). The number of carbonyl (C=O) groups excluding carboxylic acids is 1. The largest absolute Gasteiger partial charge is 0.493 e. The van der Waals surface area contributed by atoms with E-state index in [2.05, 4.69) is 12.3 Å². The van der Waals surface area contributed by atoms with Crippen LogP contribution in [-0.4, -0.2) is 26.7 Å². The van der Waals surface area contributed by atoms with Crippen molar-refractivity contribution in [1.29, 1.82) is 0 Å². The zero-order chi connectivity index (χ0) is 17.4. The van der Waals surface area contributed by atoms with E-state index < -0.39 is 0 Å². The number of benzene rings is 2. The summed E-state index contributed by atoms with van der Waals surface area (Å²) in [5.74, 6) is 1.000. The van der Waals surface area contributed by atoms with Gasteiger partial charge in [0.15, 0.2) is 11.5 Å². The summed E-state index contributed by atoms with van der Waals surface area (Å²) in [6.45, 7) is 2.74. The Bertz CT molecular complexity index is 659. The van der Waals surface area contributed by atoms with E-state index >= 15 is 0 Å². The van der Waals surface area contributed by atoms with Gasteiger partial charge in [0.1, 0.15) is 0 Å². The lowest BCUT2D eigenvalue weighted by molar-refractivity contribution is 0.0951. The second kappa shape index (κ2) is 8.82. The van der Waals surface area contributed by atoms with Gasteiger partial charge >= 0.3 is 0 Å².